The molecule has 0 radical (unpaired) electrons. The van der Waals surface area contributed by atoms with Crippen LogP contribution in [0.4, 0.5) is 5.69 Å². The number of carbonyl (C=O) groups is 1. The number of nitrogens with two attached hydrogens (primary N) is 1. The zero-order valence-corrected chi connectivity index (χ0v) is 13.9. The SMILES string of the molecule is Cl.NC1CCc2ccc(Oc3ccc([N+](=O)[O-])cc3)cc2C1C(=O)O. The number of fused-ring (bicyclic) bond motifs is 1. The molecule has 8 heteroatoms. The number of ether oxygens (including phenoxy) is 1. The molecule has 2 aromatic rings. The molecule has 0 heterocycles. The van der Waals surface area contributed by atoms with Crippen LogP contribution in [0.5, 0.6) is 11.5 Å². The fraction of sp³-hybridized carbons (Fsp3) is 0.235. The Hall–Kier alpha value is -2.64. The van der Waals surface area contributed by atoms with E-state index in [-0.39, 0.29) is 18.1 Å². The summed E-state index contributed by atoms with van der Waals surface area (Å²) in [6.07, 6.45) is 1.37. The van der Waals surface area contributed by atoms with E-state index in [9.17, 15) is 20.0 Å². The number of halogens is 1. The van der Waals surface area contributed by atoms with E-state index in [1.165, 1.54) is 24.3 Å². The van der Waals surface area contributed by atoms with Gasteiger partial charge in [-0.3, -0.25) is 14.9 Å². The van der Waals surface area contributed by atoms with Gasteiger partial charge in [-0.1, -0.05) is 6.07 Å². The van der Waals surface area contributed by atoms with Crippen molar-refractivity contribution in [1.29, 1.82) is 0 Å². The number of benzene rings is 2. The van der Waals surface area contributed by atoms with Gasteiger partial charge in [0.25, 0.3) is 5.69 Å². The van der Waals surface area contributed by atoms with Crippen LogP contribution in [-0.2, 0) is 11.2 Å². The number of non-ortho nitro benzene ring substituents is 1. The first-order valence-corrected chi connectivity index (χ1v) is 7.49. The van der Waals surface area contributed by atoms with E-state index in [2.05, 4.69) is 0 Å². The first kappa shape index (κ1) is 18.7. The summed E-state index contributed by atoms with van der Waals surface area (Å²) in [5, 5.41) is 20.1. The fourth-order valence-electron chi connectivity index (χ4n) is 2.96. The Morgan fingerprint density at radius 3 is 2.44 bits per heavy atom. The molecule has 0 amide bonds. The lowest BCUT2D eigenvalue weighted by Gasteiger charge is -2.28. The Morgan fingerprint density at radius 2 is 1.84 bits per heavy atom. The summed E-state index contributed by atoms with van der Waals surface area (Å²) < 4.78 is 5.69. The molecule has 0 spiro atoms. The average molecular weight is 365 g/mol. The van der Waals surface area contributed by atoms with E-state index in [0.29, 0.717) is 23.5 Å². The van der Waals surface area contributed by atoms with E-state index in [1.807, 2.05) is 6.07 Å². The van der Waals surface area contributed by atoms with E-state index in [1.54, 1.807) is 12.1 Å². The molecule has 7 nitrogen and oxygen atoms in total. The highest BCUT2D eigenvalue weighted by atomic mass is 35.5. The summed E-state index contributed by atoms with van der Waals surface area (Å²) in [6, 6.07) is 10.6. The molecule has 3 N–H and O–H groups in total. The monoisotopic (exact) mass is 364 g/mol. The van der Waals surface area contributed by atoms with Crippen LogP contribution in [0.1, 0.15) is 23.5 Å². The van der Waals surface area contributed by atoms with Crippen molar-refractivity contribution in [3.8, 4) is 11.5 Å². The number of hydrogen-bond donors (Lipinski definition) is 2. The molecule has 0 aliphatic heterocycles. The summed E-state index contributed by atoms with van der Waals surface area (Å²) in [7, 11) is 0. The third kappa shape index (κ3) is 3.89. The molecule has 0 aromatic heterocycles. The van der Waals surface area contributed by atoms with Crippen LogP contribution in [-0.4, -0.2) is 22.0 Å². The van der Waals surface area contributed by atoms with E-state index in [0.717, 1.165) is 12.0 Å². The number of carboxylic acids is 1. The maximum absolute atomic E-state index is 11.5. The number of nitrogens with zero attached hydrogens (tertiary/aromatic N) is 1. The van der Waals surface area contributed by atoms with Gasteiger partial charge in [-0.15, -0.1) is 12.4 Å². The lowest BCUT2D eigenvalue weighted by Crippen LogP contribution is -2.37. The van der Waals surface area contributed by atoms with E-state index in [4.69, 9.17) is 10.5 Å². The van der Waals surface area contributed by atoms with Crippen LogP contribution >= 0.6 is 12.4 Å². The maximum Gasteiger partial charge on any atom is 0.312 e. The normalized spacial score (nSPS) is 18.6. The molecular weight excluding hydrogens is 348 g/mol. The summed E-state index contributed by atoms with van der Waals surface area (Å²) in [5.41, 5.74) is 7.56. The summed E-state index contributed by atoms with van der Waals surface area (Å²) >= 11 is 0. The van der Waals surface area contributed by atoms with Gasteiger partial charge in [0, 0.05) is 18.2 Å². The van der Waals surface area contributed by atoms with Crippen molar-refractivity contribution in [1.82, 2.24) is 0 Å². The number of aliphatic carboxylic acids is 1. The Balaban J connectivity index is 0.00000225. The Kier molecular flexibility index (Phi) is 5.61. The summed E-state index contributed by atoms with van der Waals surface area (Å²) in [5.74, 6) is -0.791. The number of rotatable bonds is 4. The molecule has 0 bridgehead atoms. The topological polar surface area (TPSA) is 116 Å². The van der Waals surface area contributed by atoms with Gasteiger partial charge in [0.05, 0.1) is 10.8 Å². The highest BCUT2D eigenvalue weighted by molar-refractivity contribution is 5.85. The molecule has 25 heavy (non-hydrogen) atoms. The van der Waals surface area contributed by atoms with Gasteiger partial charge in [0.15, 0.2) is 0 Å². The zero-order valence-electron chi connectivity index (χ0n) is 13.1. The highest BCUT2D eigenvalue weighted by Crippen LogP contribution is 2.35. The van der Waals surface area contributed by atoms with Crippen molar-refractivity contribution < 1.29 is 19.6 Å². The minimum atomic E-state index is -0.948. The Bertz CT molecular complexity index is 794. The predicted octanol–water partition coefficient (Wildman–Crippen LogP) is 3.25. The smallest absolute Gasteiger partial charge is 0.312 e. The standard InChI is InChI=1S/C17H16N2O5.ClH/c18-15-8-2-10-1-5-13(9-14(10)16(15)17(20)21)24-12-6-3-11(4-7-12)19(22)23;/h1,3-7,9,15-16H,2,8,18H2,(H,20,21);1H. The molecule has 2 atom stereocenters. The zero-order chi connectivity index (χ0) is 17.3. The third-order valence-electron chi connectivity index (χ3n) is 4.18. The lowest BCUT2D eigenvalue weighted by atomic mass is 9.79. The predicted molar refractivity (Wildman–Crippen MR) is 93.5 cm³/mol. The largest absolute Gasteiger partial charge is 0.481 e. The molecule has 2 unspecified atom stereocenters. The van der Waals surface area contributed by atoms with Gasteiger partial charge in [-0.25, -0.2) is 0 Å². The summed E-state index contributed by atoms with van der Waals surface area (Å²) in [4.78, 5) is 21.7. The molecule has 1 aliphatic rings. The first-order valence-electron chi connectivity index (χ1n) is 7.49. The molecule has 2 aromatic carbocycles. The fourth-order valence-corrected chi connectivity index (χ4v) is 2.96. The first-order chi connectivity index (χ1) is 11.5. The van der Waals surface area contributed by atoms with Gasteiger partial charge >= 0.3 is 5.97 Å². The van der Waals surface area contributed by atoms with E-state index < -0.39 is 22.9 Å². The van der Waals surface area contributed by atoms with Gasteiger partial charge in [0.2, 0.25) is 0 Å². The number of hydrogen-bond acceptors (Lipinski definition) is 5. The van der Waals surface area contributed by atoms with Crippen LogP contribution in [0.15, 0.2) is 42.5 Å². The van der Waals surface area contributed by atoms with Gasteiger partial charge in [-0.2, -0.15) is 0 Å². The van der Waals surface area contributed by atoms with Crippen molar-refractivity contribution in [2.45, 2.75) is 24.8 Å². The second kappa shape index (κ2) is 7.50. The number of aryl methyl sites for hydroxylation is 1. The quantitative estimate of drug-likeness (QED) is 0.635. The van der Waals surface area contributed by atoms with Gasteiger partial charge < -0.3 is 15.6 Å². The van der Waals surface area contributed by atoms with Crippen molar-refractivity contribution >= 4 is 24.1 Å². The van der Waals surface area contributed by atoms with Gasteiger partial charge in [-0.05, 0) is 48.2 Å². The number of carboxylic acid groups (broad SMARTS) is 1. The van der Waals surface area contributed by atoms with Crippen molar-refractivity contribution in [3.63, 3.8) is 0 Å². The molecule has 1 aliphatic carbocycles. The van der Waals surface area contributed by atoms with Crippen LogP contribution in [0, 0.1) is 10.1 Å². The maximum atomic E-state index is 11.5. The van der Waals surface area contributed by atoms with Crippen LogP contribution < -0.4 is 10.5 Å². The Labute approximate surface area is 150 Å². The lowest BCUT2D eigenvalue weighted by molar-refractivity contribution is -0.384. The molecule has 0 saturated heterocycles. The van der Waals surface area contributed by atoms with Crippen LogP contribution in [0.25, 0.3) is 0 Å². The molecule has 132 valence electrons. The van der Waals surface area contributed by atoms with Crippen molar-refractivity contribution in [2.75, 3.05) is 0 Å². The third-order valence-corrected chi connectivity index (χ3v) is 4.18. The van der Waals surface area contributed by atoms with Gasteiger partial charge in [0.1, 0.15) is 11.5 Å². The van der Waals surface area contributed by atoms with Crippen molar-refractivity contribution in [3.05, 3.63) is 63.7 Å². The molecule has 0 saturated carbocycles. The van der Waals surface area contributed by atoms with Crippen LogP contribution in [0.2, 0.25) is 0 Å². The van der Waals surface area contributed by atoms with Crippen LogP contribution in [0.3, 0.4) is 0 Å². The minimum absolute atomic E-state index is 0. The summed E-state index contributed by atoms with van der Waals surface area (Å²) in [6.45, 7) is 0. The number of nitro benzene ring substituents is 1. The number of nitro groups is 1. The van der Waals surface area contributed by atoms with E-state index >= 15 is 0 Å². The Morgan fingerprint density at radius 1 is 1.20 bits per heavy atom. The minimum Gasteiger partial charge on any atom is -0.481 e. The van der Waals surface area contributed by atoms with Crippen molar-refractivity contribution in [2.24, 2.45) is 5.73 Å². The highest BCUT2D eigenvalue weighted by Gasteiger charge is 2.33. The molecular formula is C17H17ClN2O5. The second-order valence-electron chi connectivity index (χ2n) is 5.73. The second-order valence-corrected chi connectivity index (χ2v) is 5.73. The molecule has 0 fully saturated rings. The molecule has 3 rings (SSSR count). The average Bonchev–Trinajstić information content (AvgIpc) is 2.54.